The number of halogens is 2. The smallest absolute Gasteiger partial charge is 0.387 e. The largest absolute Gasteiger partial charge is 0.478 e. The standard InChI is InChI=1S/C18H21F2N3O3/c1-3-25-16-13(7-6-10-21-16)11-22-18(24)23-12(2)14-8-4-5-9-15(14)26-17(19)20/h4-10,12,17H,3,11H2,1-2H3,(H2,22,23,24)/t12-/m0/s1. The van der Waals surface area contributed by atoms with Crippen molar-refractivity contribution < 1.29 is 23.0 Å². The molecule has 6 nitrogen and oxygen atoms in total. The van der Waals surface area contributed by atoms with Crippen molar-refractivity contribution in [1.29, 1.82) is 0 Å². The van der Waals surface area contributed by atoms with Crippen LogP contribution < -0.4 is 20.1 Å². The number of rotatable bonds is 8. The van der Waals surface area contributed by atoms with E-state index >= 15 is 0 Å². The van der Waals surface area contributed by atoms with E-state index in [-0.39, 0.29) is 12.3 Å². The van der Waals surface area contributed by atoms with Crippen LogP contribution in [0.3, 0.4) is 0 Å². The highest BCUT2D eigenvalue weighted by Crippen LogP contribution is 2.26. The van der Waals surface area contributed by atoms with Gasteiger partial charge in [0.2, 0.25) is 5.88 Å². The minimum Gasteiger partial charge on any atom is -0.478 e. The molecule has 1 atom stereocenters. The Morgan fingerprint density at radius 2 is 2.00 bits per heavy atom. The van der Waals surface area contributed by atoms with Gasteiger partial charge in [0.15, 0.2) is 0 Å². The van der Waals surface area contributed by atoms with Crippen molar-refractivity contribution in [3.63, 3.8) is 0 Å². The summed E-state index contributed by atoms with van der Waals surface area (Å²) in [7, 11) is 0. The number of nitrogens with one attached hydrogen (secondary N) is 2. The lowest BCUT2D eigenvalue weighted by Crippen LogP contribution is -2.36. The maximum Gasteiger partial charge on any atom is 0.387 e. The number of para-hydroxylation sites is 1. The molecule has 0 spiro atoms. The number of alkyl halides is 2. The molecule has 26 heavy (non-hydrogen) atoms. The summed E-state index contributed by atoms with van der Waals surface area (Å²) in [5.41, 5.74) is 1.19. The van der Waals surface area contributed by atoms with Gasteiger partial charge in [0.1, 0.15) is 5.75 Å². The number of benzene rings is 1. The van der Waals surface area contributed by atoms with Crippen LogP contribution in [0.4, 0.5) is 13.6 Å². The number of hydrogen-bond donors (Lipinski definition) is 2. The first-order valence-electron chi connectivity index (χ1n) is 8.16. The lowest BCUT2D eigenvalue weighted by atomic mass is 10.1. The first-order valence-corrected chi connectivity index (χ1v) is 8.16. The van der Waals surface area contributed by atoms with Gasteiger partial charge in [0.25, 0.3) is 0 Å². The third-order valence-corrected chi connectivity index (χ3v) is 3.52. The van der Waals surface area contributed by atoms with E-state index in [1.54, 1.807) is 43.5 Å². The van der Waals surface area contributed by atoms with E-state index in [2.05, 4.69) is 20.4 Å². The van der Waals surface area contributed by atoms with Crippen molar-refractivity contribution >= 4 is 6.03 Å². The second-order valence-corrected chi connectivity index (χ2v) is 5.37. The van der Waals surface area contributed by atoms with E-state index in [1.165, 1.54) is 6.07 Å². The topological polar surface area (TPSA) is 72.5 Å². The van der Waals surface area contributed by atoms with Crippen molar-refractivity contribution in [2.24, 2.45) is 0 Å². The normalized spacial score (nSPS) is 11.7. The SMILES string of the molecule is CCOc1ncccc1CNC(=O)N[C@@H](C)c1ccccc1OC(F)F. The Hall–Kier alpha value is -2.90. The van der Waals surface area contributed by atoms with Crippen LogP contribution in [0.15, 0.2) is 42.6 Å². The molecule has 0 aliphatic heterocycles. The highest BCUT2D eigenvalue weighted by molar-refractivity contribution is 5.74. The lowest BCUT2D eigenvalue weighted by molar-refractivity contribution is -0.0506. The van der Waals surface area contributed by atoms with Gasteiger partial charge < -0.3 is 20.1 Å². The van der Waals surface area contributed by atoms with Gasteiger partial charge in [-0.2, -0.15) is 8.78 Å². The van der Waals surface area contributed by atoms with Crippen LogP contribution >= 0.6 is 0 Å². The molecule has 0 unspecified atom stereocenters. The van der Waals surface area contributed by atoms with E-state index < -0.39 is 18.7 Å². The molecular weight excluding hydrogens is 344 g/mol. The predicted octanol–water partition coefficient (Wildman–Crippen LogP) is 3.64. The first kappa shape index (κ1) is 19.4. The highest BCUT2D eigenvalue weighted by atomic mass is 19.3. The molecule has 0 aliphatic rings. The zero-order chi connectivity index (χ0) is 18.9. The number of urea groups is 1. The van der Waals surface area contributed by atoms with Crippen LogP contribution in [0.2, 0.25) is 0 Å². The Bertz CT molecular complexity index is 728. The van der Waals surface area contributed by atoms with Crippen molar-refractivity contribution in [2.75, 3.05) is 6.61 Å². The number of amides is 2. The van der Waals surface area contributed by atoms with Gasteiger partial charge in [-0.15, -0.1) is 0 Å². The number of hydrogen-bond acceptors (Lipinski definition) is 4. The van der Waals surface area contributed by atoms with Crippen molar-refractivity contribution in [1.82, 2.24) is 15.6 Å². The quantitative estimate of drug-likeness (QED) is 0.749. The average Bonchev–Trinajstić information content (AvgIpc) is 2.61. The molecule has 0 radical (unpaired) electrons. The summed E-state index contributed by atoms with van der Waals surface area (Å²) in [5.74, 6) is 0.486. The molecule has 1 aromatic heterocycles. The second-order valence-electron chi connectivity index (χ2n) is 5.37. The Balaban J connectivity index is 1.96. The van der Waals surface area contributed by atoms with E-state index in [9.17, 15) is 13.6 Å². The van der Waals surface area contributed by atoms with Crippen LogP contribution in [0.5, 0.6) is 11.6 Å². The van der Waals surface area contributed by atoms with Gasteiger partial charge in [-0.25, -0.2) is 9.78 Å². The van der Waals surface area contributed by atoms with Gasteiger partial charge in [-0.1, -0.05) is 24.3 Å². The predicted molar refractivity (Wildman–Crippen MR) is 92.3 cm³/mol. The number of ether oxygens (including phenoxy) is 2. The molecule has 1 heterocycles. The monoisotopic (exact) mass is 365 g/mol. The molecule has 0 fully saturated rings. The summed E-state index contributed by atoms with van der Waals surface area (Å²) < 4.78 is 34.9. The Morgan fingerprint density at radius 3 is 2.73 bits per heavy atom. The summed E-state index contributed by atoms with van der Waals surface area (Å²) in [4.78, 5) is 16.2. The van der Waals surface area contributed by atoms with Crippen LogP contribution in [0, 0.1) is 0 Å². The van der Waals surface area contributed by atoms with Gasteiger partial charge >= 0.3 is 12.6 Å². The lowest BCUT2D eigenvalue weighted by Gasteiger charge is -2.18. The van der Waals surface area contributed by atoms with Crippen LogP contribution in [0.1, 0.15) is 31.0 Å². The van der Waals surface area contributed by atoms with Crippen molar-refractivity contribution in [2.45, 2.75) is 33.0 Å². The Morgan fingerprint density at radius 1 is 1.23 bits per heavy atom. The van der Waals surface area contributed by atoms with E-state index in [0.29, 0.717) is 18.1 Å². The number of nitrogens with zero attached hydrogens (tertiary/aromatic N) is 1. The zero-order valence-electron chi connectivity index (χ0n) is 14.5. The van der Waals surface area contributed by atoms with E-state index in [0.717, 1.165) is 5.56 Å². The highest BCUT2D eigenvalue weighted by Gasteiger charge is 2.16. The first-order chi connectivity index (χ1) is 12.5. The fraction of sp³-hybridized carbons (Fsp3) is 0.333. The fourth-order valence-electron chi connectivity index (χ4n) is 2.37. The molecule has 0 aliphatic carbocycles. The van der Waals surface area contributed by atoms with Gasteiger partial charge in [-0.3, -0.25) is 0 Å². The van der Waals surface area contributed by atoms with Crippen LogP contribution in [-0.2, 0) is 6.54 Å². The molecule has 2 N–H and O–H groups in total. The van der Waals surface area contributed by atoms with Crippen LogP contribution in [0.25, 0.3) is 0 Å². The number of pyridine rings is 1. The molecule has 140 valence electrons. The third-order valence-electron chi connectivity index (χ3n) is 3.52. The molecule has 0 saturated carbocycles. The summed E-state index contributed by atoms with van der Waals surface area (Å²) in [6.45, 7) is 1.28. The molecule has 8 heteroatoms. The summed E-state index contributed by atoms with van der Waals surface area (Å²) in [6, 6.07) is 8.91. The van der Waals surface area contributed by atoms with E-state index in [1.807, 2.05) is 6.92 Å². The zero-order valence-corrected chi connectivity index (χ0v) is 14.5. The van der Waals surface area contributed by atoms with E-state index in [4.69, 9.17) is 4.74 Å². The summed E-state index contributed by atoms with van der Waals surface area (Å²) in [5, 5.41) is 5.40. The summed E-state index contributed by atoms with van der Waals surface area (Å²) in [6.07, 6.45) is 1.61. The number of aromatic nitrogens is 1. The van der Waals surface area contributed by atoms with Gasteiger partial charge in [0.05, 0.1) is 12.6 Å². The third kappa shape index (κ3) is 5.58. The number of carbonyl (C=O) groups is 1. The van der Waals surface area contributed by atoms with Crippen LogP contribution in [-0.4, -0.2) is 24.2 Å². The average molecular weight is 365 g/mol. The van der Waals surface area contributed by atoms with Gasteiger partial charge in [0, 0.05) is 23.9 Å². The maximum absolute atomic E-state index is 12.5. The van der Waals surface area contributed by atoms with Crippen molar-refractivity contribution in [3.05, 3.63) is 53.7 Å². The minimum atomic E-state index is -2.93. The molecule has 1 aromatic carbocycles. The molecular formula is C18H21F2N3O3. The van der Waals surface area contributed by atoms with Gasteiger partial charge in [-0.05, 0) is 26.0 Å². The van der Waals surface area contributed by atoms with Crippen molar-refractivity contribution in [3.8, 4) is 11.6 Å². The Labute approximate surface area is 150 Å². The molecule has 0 bridgehead atoms. The molecule has 0 saturated heterocycles. The Kier molecular flexibility index (Phi) is 7.13. The fourth-order valence-corrected chi connectivity index (χ4v) is 2.37. The summed E-state index contributed by atoms with van der Waals surface area (Å²) >= 11 is 0. The second kappa shape index (κ2) is 9.55. The maximum atomic E-state index is 12.5. The number of carbonyl (C=O) groups excluding carboxylic acids is 1. The molecule has 2 amide bonds. The minimum absolute atomic E-state index is 0.0289. The molecule has 2 aromatic rings. The molecule has 2 rings (SSSR count).